The highest BCUT2D eigenvalue weighted by molar-refractivity contribution is 9.10. The topological polar surface area (TPSA) is 82.3 Å². The van der Waals surface area contributed by atoms with E-state index in [-0.39, 0.29) is 15.9 Å². The predicted octanol–water partition coefficient (Wildman–Crippen LogP) is 2.71. The van der Waals surface area contributed by atoms with E-state index < -0.39 is 16.5 Å². The van der Waals surface area contributed by atoms with Gasteiger partial charge >= 0.3 is 5.97 Å². The Bertz CT molecular complexity index is 468. The fourth-order valence-electron chi connectivity index (χ4n) is 1.00. The second kappa shape index (κ2) is 4.79. The Labute approximate surface area is 106 Å². The molecular weight excluding hydrogens is 292 g/mol. The van der Waals surface area contributed by atoms with Crippen molar-refractivity contribution in [2.75, 3.05) is 0 Å². The first-order chi connectivity index (χ1) is 7.70. The zero-order valence-corrected chi connectivity index (χ0v) is 11.1. The first-order valence-electron chi connectivity index (χ1n) is 4.74. The van der Waals surface area contributed by atoms with Crippen molar-refractivity contribution in [1.82, 2.24) is 4.98 Å². The molecule has 1 rings (SSSR count). The molecule has 0 saturated carbocycles. The number of nitro groups is 1. The summed E-state index contributed by atoms with van der Waals surface area (Å²) in [6.45, 7) is 5.18. The van der Waals surface area contributed by atoms with E-state index in [0.717, 1.165) is 6.20 Å². The molecule has 0 aliphatic carbocycles. The Balaban J connectivity index is 3.00. The molecule has 7 heteroatoms. The van der Waals surface area contributed by atoms with Crippen LogP contribution in [0.4, 0.5) is 5.69 Å². The summed E-state index contributed by atoms with van der Waals surface area (Å²) in [5.74, 6) is -0.626. The highest BCUT2D eigenvalue weighted by atomic mass is 79.9. The lowest BCUT2D eigenvalue weighted by Crippen LogP contribution is -2.24. The van der Waals surface area contributed by atoms with Crippen LogP contribution in [0.15, 0.2) is 16.7 Å². The third kappa shape index (κ3) is 3.77. The van der Waals surface area contributed by atoms with Gasteiger partial charge in [0.2, 0.25) is 0 Å². The van der Waals surface area contributed by atoms with E-state index in [0.29, 0.717) is 0 Å². The molecule has 0 N–H and O–H groups in total. The Kier molecular flexibility index (Phi) is 3.82. The van der Waals surface area contributed by atoms with Crippen molar-refractivity contribution >= 4 is 27.6 Å². The summed E-state index contributed by atoms with van der Waals surface area (Å²) < 4.78 is 5.34. The van der Waals surface area contributed by atoms with Crippen LogP contribution in [-0.4, -0.2) is 21.5 Å². The van der Waals surface area contributed by atoms with Gasteiger partial charge in [0.25, 0.3) is 5.69 Å². The summed E-state index contributed by atoms with van der Waals surface area (Å²) in [5, 5.41) is 10.5. The molecule has 0 aliphatic heterocycles. The fraction of sp³-hybridized carbons (Fsp3) is 0.400. The van der Waals surface area contributed by atoms with Crippen LogP contribution in [0.2, 0.25) is 0 Å². The molecule has 0 aliphatic rings. The molecule has 0 fully saturated rings. The van der Waals surface area contributed by atoms with Gasteiger partial charge in [0.05, 0.1) is 9.40 Å². The maximum Gasteiger partial charge on any atom is 0.358 e. The number of hydrogen-bond acceptors (Lipinski definition) is 5. The van der Waals surface area contributed by atoms with Crippen molar-refractivity contribution < 1.29 is 14.5 Å². The van der Waals surface area contributed by atoms with E-state index in [1.807, 2.05) is 0 Å². The van der Waals surface area contributed by atoms with Crippen molar-refractivity contribution in [3.8, 4) is 0 Å². The molecule has 0 radical (unpaired) electrons. The van der Waals surface area contributed by atoms with Crippen LogP contribution in [0.25, 0.3) is 0 Å². The van der Waals surface area contributed by atoms with Crippen LogP contribution in [0.5, 0.6) is 0 Å². The number of esters is 1. The minimum atomic E-state index is -0.639. The van der Waals surface area contributed by atoms with Crippen LogP contribution in [0.3, 0.4) is 0 Å². The largest absolute Gasteiger partial charge is 0.455 e. The van der Waals surface area contributed by atoms with Crippen LogP contribution >= 0.6 is 15.9 Å². The van der Waals surface area contributed by atoms with Gasteiger partial charge in [0.1, 0.15) is 11.8 Å². The molecule has 0 amide bonds. The Morgan fingerprint density at radius 1 is 1.53 bits per heavy atom. The minimum Gasteiger partial charge on any atom is -0.455 e. The van der Waals surface area contributed by atoms with E-state index in [9.17, 15) is 14.9 Å². The average molecular weight is 303 g/mol. The molecule has 0 atom stereocenters. The first-order valence-corrected chi connectivity index (χ1v) is 5.53. The van der Waals surface area contributed by atoms with E-state index in [4.69, 9.17) is 4.74 Å². The number of aromatic nitrogens is 1. The summed E-state index contributed by atoms with van der Waals surface area (Å²) in [7, 11) is 0. The molecule has 6 nitrogen and oxygen atoms in total. The number of halogens is 1. The van der Waals surface area contributed by atoms with Crippen LogP contribution in [0.1, 0.15) is 31.3 Å². The van der Waals surface area contributed by atoms with Gasteiger partial charge < -0.3 is 4.74 Å². The van der Waals surface area contributed by atoms with Gasteiger partial charge in [-0.1, -0.05) is 0 Å². The summed E-state index contributed by atoms with van der Waals surface area (Å²) in [5.41, 5.74) is -0.810. The SMILES string of the molecule is CC(C)(C)OC(=O)c1ncc([N+](=O)[O-])cc1Br. The lowest BCUT2D eigenvalue weighted by Gasteiger charge is -2.19. The minimum absolute atomic E-state index is 0.0190. The Hall–Kier alpha value is -1.50. The summed E-state index contributed by atoms with van der Waals surface area (Å²) >= 11 is 3.06. The number of hydrogen-bond donors (Lipinski definition) is 0. The predicted molar refractivity (Wildman–Crippen MR) is 63.8 cm³/mol. The van der Waals surface area contributed by atoms with Crippen molar-refractivity contribution in [2.45, 2.75) is 26.4 Å². The maximum absolute atomic E-state index is 11.7. The molecule has 0 saturated heterocycles. The lowest BCUT2D eigenvalue weighted by molar-refractivity contribution is -0.385. The lowest BCUT2D eigenvalue weighted by atomic mass is 10.2. The van der Waals surface area contributed by atoms with Gasteiger partial charge in [0, 0.05) is 6.07 Å². The summed E-state index contributed by atoms with van der Waals surface area (Å²) in [4.78, 5) is 25.3. The second-order valence-electron chi connectivity index (χ2n) is 4.28. The van der Waals surface area contributed by atoms with Crippen molar-refractivity contribution in [3.05, 3.63) is 32.5 Å². The molecule has 0 unspecified atom stereocenters. The number of pyridine rings is 1. The van der Waals surface area contributed by atoms with Crippen LogP contribution in [0, 0.1) is 10.1 Å². The molecule has 1 heterocycles. The molecule has 1 aromatic heterocycles. The molecular formula is C10H11BrN2O4. The molecule has 17 heavy (non-hydrogen) atoms. The van der Waals surface area contributed by atoms with E-state index >= 15 is 0 Å². The number of rotatable bonds is 2. The van der Waals surface area contributed by atoms with Crippen molar-refractivity contribution in [2.24, 2.45) is 0 Å². The Morgan fingerprint density at radius 3 is 2.53 bits per heavy atom. The molecule has 92 valence electrons. The first kappa shape index (κ1) is 13.6. The van der Waals surface area contributed by atoms with Gasteiger partial charge in [-0.2, -0.15) is 0 Å². The standard InChI is InChI=1S/C10H11BrN2O4/c1-10(2,3)17-9(14)8-7(11)4-6(5-12-8)13(15)16/h4-5H,1-3H3. The van der Waals surface area contributed by atoms with Crippen molar-refractivity contribution in [1.29, 1.82) is 0 Å². The second-order valence-corrected chi connectivity index (χ2v) is 5.14. The summed E-state index contributed by atoms with van der Waals surface area (Å²) in [6, 6.07) is 1.21. The van der Waals surface area contributed by atoms with Crippen LogP contribution in [-0.2, 0) is 4.74 Å². The van der Waals surface area contributed by atoms with Crippen LogP contribution < -0.4 is 0 Å². The fourth-order valence-corrected chi connectivity index (χ4v) is 1.50. The van der Waals surface area contributed by atoms with E-state index in [1.165, 1.54) is 6.07 Å². The number of ether oxygens (including phenoxy) is 1. The zero-order chi connectivity index (χ0) is 13.2. The third-order valence-corrected chi connectivity index (χ3v) is 2.23. The van der Waals surface area contributed by atoms with E-state index in [2.05, 4.69) is 20.9 Å². The number of nitrogens with zero attached hydrogens (tertiary/aromatic N) is 2. The van der Waals surface area contributed by atoms with Crippen molar-refractivity contribution in [3.63, 3.8) is 0 Å². The van der Waals surface area contributed by atoms with Gasteiger partial charge in [-0.25, -0.2) is 9.78 Å². The zero-order valence-electron chi connectivity index (χ0n) is 9.56. The summed E-state index contributed by atoms with van der Waals surface area (Å²) in [6.07, 6.45) is 1.02. The highest BCUT2D eigenvalue weighted by Gasteiger charge is 2.22. The molecule has 0 aromatic carbocycles. The van der Waals surface area contributed by atoms with Gasteiger partial charge in [-0.15, -0.1) is 0 Å². The maximum atomic E-state index is 11.7. The highest BCUT2D eigenvalue weighted by Crippen LogP contribution is 2.22. The van der Waals surface area contributed by atoms with Gasteiger partial charge in [-0.3, -0.25) is 10.1 Å². The number of carbonyl (C=O) groups is 1. The molecule has 0 spiro atoms. The Morgan fingerprint density at radius 2 is 2.12 bits per heavy atom. The van der Waals surface area contributed by atoms with Gasteiger partial charge in [-0.05, 0) is 36.7 Å². The van der Waals surface area contributed by atoms with E-state index in [1.54, 1.807) is 20.8 Å². The smallest absolute Gasteiger partial charge is 0.358 e. The quantitative estimate of drug-likeness (QED) is 0.476. The average Bonchev–Trinajstić information content (AvgIpc) is 2.14. The number of carbonyl (C=O) groups excluding carboxylic acids is 1. The third-order valence-electron chi connectivity index (χ3n) is 1.63. The normalized spacial score (nSPS) is 11.1. The molecule has 1 aromatic rings. The monoisotopic (exact) mass is 302 g/mol. The molecule has 0 bridgehead atoms. The van der Waals surface area contributed by atoms with Gasteiger partial charge in [0.15, 0.2) is 5.69 Å².